The van der Waals surface area contributed by atoms with Crippen molar-refractivity contribution in [3.63, 3.8) is 0 Å². The summed E-state index contributed by atoms with van der Waals surface area (Å²) in [6.45, 7) is 5.85. The topological polar surface area (TPSA) is 63.2 Å². The highest BCUT2D eigenvalue weighted by Gasteiger charge is 2.42. The Hall–Kier alpha value is -1.09. The molecule has 2 rings (SSSR count). The van der Waals surface area contributed by atoms with Crippen LogP contribution in [0.3, 0.4) is 0 Å². The summed E-state index contributed by atoms with van der Waals surface area (Å²) < 4.78 is 64.8. The third-order valence-corrected chi connectivity index (χ3v) is 7.73. The van der Waals surface area contributed by atoms with E-state index < -0.39 is 33.9 Å². The Morgan fingerprint density at radius 3 is 2.12 bits per heavy atom. The van der Waals surface area contributed by atoms with Crippen LogP contribution in [0.2, 0.25) is 0 Å². The van der Waals surface area contributed by atoms with Crippen LogP contribution in [-0.4, -0.2) is 20.5 Å². The maximum absolute atomic E-state index is 12.7. The van der Waals surface area contributed by atoms with Crippen molar-refractivity contribution >= 4 is 27.3 Å². The van der Waals surface area contributed by atoms with Crippen LogP contribution in [0.5, 0.6) is 0 Å². The summed E-state index contributed by atoms with van der Waals surface area (Å²) >= 11 is 1.09. The van der Waals surface area contributed by atoms with Gasteiger partial charge in [0.1, 0.15) is 4.21 Å². The molecule has 1 saturated carbocycles. The molecule has 1 N–H and O–H groups in total. The molecule has 0 spiro atoms. The van der Waals surface area contributed by atoms with E-state index in [0.29, 0.717) is 0 Å². The summed E-state index contributed by atoms with van der Waals surface area (Å²) in [5, 5.41) is 0. The number of alkyl halides is 3. The van der Waals surface area contributed by atoms with Crippen LogP contribution in [0, 0.1) is 11.8 Å². The lowest BCUT2D eigenvalue weighted by Gasteiger charge is -2.28. The molecule has 1 heterocycles. The summed E-state index contributed by atoms with van der Waals surface area (Å²) in [5.74, 6) is -2.82. The van der Waals surface area contributed by atoms with Crippen LogP contribution in [0.4, 0.5) is 13.2 Å². The van der Waals surface area contributed by atoms with E-state index in [1.54, 1.807) is 6.07 Å². The monoisotopic (exact) mass is 397 g/mol. The van der Waals surface area contributed by atoms with Gasteiger partial charge < -0.3 is 0 Å². The molecule has 4 nitrogen and oxygen atoms in total. The van der Waals surface area contributed by atoms with Crippen LogP contribution in [-0.2, 0) is 20.2 Å². The van der Waals surface area contributed by atoms with Gasteiger partial charge in [-0.15, -0.1) is 11.3 Å². The van der Waals surface area contributed by atoms with Gasteiger partial charge >= 0.3 is 6.18 Å². The van der Waals surface area contributed by atoms with Crippen LogP contribution in [0.25, 0.3) is 0 Å². The number of hydrogen-bond acceptors (Lipinski definition) is 4. The number of hydrogen-bond donors (Lipinski definition) is 1. The number of nitrogens with one attached hydrogen (secondary N) is 1. The molecular formula is C16H22F3NO3S2. The van der Waals surface area contributed by atoms with E-state index in [-0.39, 0.29) is 35.3 Å². The average Bonchev–Trinajstić information content (AvgIpc) is 2.96. The molecule has 9 heteroatoms. The predicted molar refractivity (Wildman–Crippen MR) is 89.9 cm³/mol. The number of rotatable bonds is 3. The van der Waals surface area contributed by atoms with Crippen molar-refractivity contribution in [2.24, 2.45) is 11.8 Å². The first-order chi connectivity index (χ1) is 11.3. The van der Waals surface area contributed by atoms with Gasteiger partial charge in [-0.25, -0.2) is 13.1 Å². The second-order valence-corrected chi connectivity index (χ2v) is 10.4. The minimum atomic E-state index is -4.26. The second-order valence-electron chi connectivity index (χ2n) is 7.43. The normalized spacial score (nSPS) is 22.6. The van der Waals surface area contributed by atoms with Gasteiger partial charge in [0.05, 0.1) is 5.92 Å². The van der Waals surface area contributed by atoms with E-state index in [0.717, 1.165) is 16.2 Å². The average molecular weight is 397 g/mol. The lowest BCUT2D eigenvalue weighted by molar-refractivity contribution is -0.184. The highest BCUT2D eigenvalue weighted by molar-refractivity contribution is 7.92. The molecule has 0 atom stereocenters. The van der Waals surface area contributed by atoms with E-state index in [9.17, 15) is 26.4 Å². The summed E-state index contributed by atoms with van der Waals surface area (Å²) in [4.78, 5) is 13.0. The predicted octanol–water partition coefficient (Wildman–Crippen LogP) is 4.22. The Balaban J connectivity index is 2.02. The quantitative estimate of drug-likeness (QED) is 0.831. The Morgan fingerprint density at radius 2 is 1.68 bits per heavy atom. The number of halogens is 3. The molecule has 1 amide bonds. The van der Waals surface area contributed by atoms with Gasteiger partial charge in [0.15, 0.2) is 0 Å². The molecule has 0 aliphatic heterocycles. The number of amides is 1. The van der Waals surface area contributed by atoms with Gasteiger partial charge in [-0.05, 0) is 43.2 Å². The van der Waals surface area contributed by atoms with E-state index >= 15 is 0 Å². The van der Waals surface area contributed by atoms with Gasteiger partial charge in [-0.2, -0.15) is 13.2 Å². The molecular weight excluding hydrogens is 375 g/mol. The second kappa shape index (κ2) is 6.90. The maximum atomic E-state index is 12.7. The molecule has 25 heavy (non-hydrogen) atoms. The zero-order chi connectivity index (χ0) is 19.0. The van der Waals surface area contributed by atoms with E-state index in [1.807, 2.05) is 25.5 Å². The molecule has 0 unspecified atom stereocenters. The highest BCUT2D eigenvalue weighted by atomic mass is 32.2. The zero-order valence-electron chi connectivity index (χ0n) is 14.3. The van der Waals surface area contributed by atoms with Crippen molar-refractivity contribution in [3.05, 3.63) is 17.0 Å². The van der Waals surface area contributed by atoms with Crippen molar-refractivity contribution < 1.29 is 26.4 Å². The molecule has 0 radical (unpaired) electrons. The van der Waals surface area contributed by atoms with Crippen molar-refractivity contribution in [2.75, 3.05) is 0 Å². The van der Waals surface area contributed by atoms with Crippen LogP contribution in [0.15, 0.2) is 16.3 Å². The van der Waals surface area contributed by atoms with Crippen LogP contribution < -0.4 is 4.72 Å². The van der Waals surface area contributed by atoms with Gasteiger partial charge in [0, 0.05) is 10.8 Å². The largest absolute Gasteiger partial charge is 0.391 e. The minimum absolute atomic E-state index is 0.0368. The van der Waals surface area contributed by atoms with E-state index in [4.69, 9.17) is 0 Å². The van der Waals surface area contributed by atoms with Crippen LogP contribution >= 0.6 is 11.3 Å². The molecule has 0 bridgehead atoms. The Bertz CT molecular complexity index is 725. The standard InChI is InChI=1S/C16H22F3NO3S2/c1-15(2,3)12-8-9-13(24-12)25(22,23)20-14(21)10-4-6-11(7-5-10)16(17,18)19/h8-11H,4-7H2,1-3H3,(H,20,21). The smallest absolute Gasteiger partial charge is 0.274 e. The zero-order valence-corrected chi connectivity index (χ0v) is 15.9. The lowest BCUT2D eigenvalue weighted by atomic mass is 9.81. The minimum Gasteiger partial charge on any atom is -0.274 e. The molecule has 1 aromatic rings. The fraction of sp³-hybridized carbons (Fsp3) is 0.688. The molecule has 1 aliphatic rings. The maximum Gasteiger partial charge on any atom is 0.391 e. The van der Waals surface area contributed by atoms with Crippen molar-refractivity contribution in [3.8, 4) is 0 Å². The van der Waals surface area contributed by atoms with Gasteiger partial charge in [-0.3, -0.25) is 4.79 Å². The van der Waals surface area contributed by atoms with Gasteiger partial charge in [0.25, 0.3) is 10.0 Å². The third kappa shape index (κ3) is 4.97. The first kappa shape index (κ1) is 20.2. The van der Waals surface area contributed by atoms with Crippen LogP contribution in [0.1, 0.15) is 51.3 Å². The summed E-state index contributed by atoms with van der Waals surface area (Å²) in [6, 6.07) is 3.15. The van der Waals surface area contributed by atoms with Gasteiger partial charge in [0.2, 0.25) is 5.91 Å². The number of thiophene rings is 1. The Morgan fingerprint density at radius 1 is 1.12 bits per heavy atom. The number of carbonyl (C=O) groups excluding carboxylic acids is 1. The lowest BCUT2D eigenvalue weighted by Crippen LogP contribution is -2.38. The summed E-state index contributed by atoms with van der Waals surface area (Å²) in [6.07, 6.45) is -4.45. The molecule has 1 fully saturated rings. The fourth-order valence-electron chi connectivity index (χ4n) is 2.82. The van der Waals surface area contributed by atoms with E-state index in [2.05, 4.69) is 0 Å². The molecule has 1 aliphatic carbocycles. The third-order valence-electron chi connectivity index (χ3n) is 4.38. The SMILES string of the molecule is CC(C)(C)c1ccc(S(=O)(=O)NC(=O)C2CCC(C(F)(F)F)CC2)s1. The Labute approximate surface area is 149 Å². The Kier molecular flexibility index (Phi) is 5.59. The van der Waals surface area contributed by atoms with Crippen molar-refractivity contribution in [1.29, 1.82) is 0 Å². The van der Waals surface area contributed by atoms with Crippen molar-refractivity contribution in [1.82, 2.24) is 4.72 Å². The van der Waals surface area contributed by atoms with Crippen molar-refractivity contribution in [2.45, 2.75) is 62.3 Å². The molecule has 1 aromatic heterocycles. The summed E-state index contributed by atoms with van der Waals surface area (Å²) in [5.41, 5.74) is -0.210. The highest BCUT2D eigenvalue weighted by Crippen LogP contribution is 2.39. The fourth-order valence-corrected chi connectivity index (χ4v) is 5.22. The molecule has 0 saturated heterocycles. The molecule has 0 aromatic carbocycles. The molecule has 142 valence electrons. The first-order valence-corrected chi connectivity index (χ1v) is 10.3. The number of sulfonamides is 1. The van der Waals surface area contributed by atoms with Gasteiger partial charge in [-0.1, -0.05) is 20.8 Å². The first-order valence-electron chi connectivity index (χ1n) is 8.04. The van der Waals surface area contributed by atoms with E-state index in [1.165, 1.54) is 6.07 Å². The summed E-state index contributed by atoms with van der Waals surface area (Å²) in [7, 11) is -3.99. The number of carbonyl (C=O) groups is 1.